The predicted molar refractivity (Wildman–Crippen MR) is 93.7 cm³/mol. The van der Waals surface area contributed by atoms with Gasteiger partial charge in [0.25, 0.3) is 5.69 Å². The third-order valence-electron chi connectivity index (χ3n) is 3.65. The van der Waals surface area contributed by atoms with Crippen molar-refractivity contribution in [1.29, 1.82) is 0 Å². The Kier molecular flexibility index (Phi) is 4.28. The number of halogens is 1. The average molecular weight is 345 g/mol. The molecule has 0 spiro atoms. The largest absolute Gasteiger partial charge is 0.350 e. The number of benzene rings is 1. The Morgan fingerprint density at radius 2 is 1.96 bits per heavy atom. The standard InChI is InChI=1S/C17H20FN5O2/c1-17(2,3)22-16-20-13(10-4-5-10)9-15(21-16)19-12-7-6-11(18)8-14(12)23(24)25/h6-10H,4-5H2,1-3H3,(H2,19,20,21,22). The van der Waals surface area contributed by atoms with Gasteiger partial charge in [-0.25, -0.2) is 9.37 Å². The fourth-order valence-electron chi connectivity index (χ4n) is 2.41. The number of anilines is 3. The summed E-state index contributed by atoms with van der Waals surface area (Å²) >= 11 is 0. The van der Waals surface area contributed by atoms with Gasteiger partial charge in [0.15, 0.2) is 0 Å². The van der Waals surface area contributed by atoms with E-state index in [2.05, 4.69) is 20.6 Å². The lowest BCUT2D eigenvalue weighted by Crippen LogP contribution is -2.27. The lowest BCUT2D eigenvalue weighted by Gasteiger charge is -2.21. The van der Waals surface area contributed by atoms with Crippen molar-refractivity contribution in [1.82, 2.24) is 9.97 Å². The topological polar surface area (TPSA) is 93.0 Å². The number of nitro benzene ring substituents is 1. The maximum absolute atomic E-state index is 13.3. The number of nitrogens with one attached hydrogen (secondary N) is 2. The minimum atomic E-state index is -0.659. The normalized spacial score (nSPS) is 14.2. The predicted octanol–water partition coefficient (Wildman–Crippen LogP) is 4.36. The summed E-state index contributed by atoms with van der Waals surface area (Å²) < 4.78 is 13.3. The van der Waals surface area contributed by atoms with Crippen molar-refractivity contribution in [3.63, 3.8) is 0 Å². The molecule has 0 amide bonds. The van der Waals surface area contributed by atoms with E-state index >= 15 is 0 Å². The first-order valence-electron chi connectivity index (χ1n) is 8.09. The van der Waals surface area contributed by atoms with Crippen molar-refractivity contribution >= 4 is 23.1 Å². The van der Waals surface area contributed by atoms with Crippen LogP contribution in [0, 0.1) is 15.9 Å². The zero-order valence-electron chi connectivity index (χ0n) is 14.3. The molecular formula is C17H20FN5O2. The molecule has 1 aliphatic rings. The molecule has 0 aliphatic heterocycles. The second-order valence-electron chi connectivity index (χ2n) is 7.19. The second kappa shape index (κ2) is 6.27. The van der Waals surface area contributed by atoms with Crippen molar-refractivity contribution in [2.45, 2.75) is 45.1 Å². The Hall–Kier alpha value is -2.77. The monoisotopic (exact) mass is 345 g/mol. The number of nitro groups is 1. The Morgan fingerprint density at radius 3 is 2.56 bits per heavy atom. The number of hydrogen-bond acceptors (Lipinski definition) is 6. The second-order valence-corrected chi connectivity index (χ2v) is 7.19. The summed E-state index contributed by atoms with van der Waals surface area (Å²) in [5.41, 5.74) is 0.529. The maximum Gasteiger partial charge on any atom is 0.295 e. The summed E-state index contributed by atoms with van der Waals surface area (Å²) in [4.78, 5) is 19.5. The third kappa shape index (κ3) is 4.40. The number of nitrogens with zero attached hydrogens (tertiary/aromatic N) is 3. The molecule has 3 rings (SSSR count). The van der Waals surface area contributed by atoms with Gasteiger partial charge in [0.2, 0.25) is 5.95 Å². The molecule has 1 aromatic carbocycles. The summed E-state index contributed by atoms with van der Waals surface area (Å²) in [5.74, 6) is 0.642. The summed E-state index contributed by atoms with van der Waals surface area (Å²) in [7, 11) is 0. The molecule has 1 heterocycles. The quantitative estimate of drug-likeness (QED) is 0.618. The molecule has 0 unspecified atom stereocenters. The van der Waals surface area contributed by atoms with Crippen LogP contribution in [0.5, 0.6) is 0 Å². The van der Waals surface area contributed by atoms with Gasteiger partial charge in [-0.2, -0.15) is 4.98 Å². The molecule has 1 saturated carbocycles. The van der Waals surface area contributed by atoms with Gasteiger partial charge >= 0.3 is 0 Å². The van der Waals surface area contributed by atoms with Crippen LogP contribution in [0.25, 0.3) is 0 Å². The highest BCUT2D eigenvalue weighted by atomic mass is 19.1. The zero-order valence-corrected chi connectivity index (χ0v) is 14.3. The zero-order chi connectivity index (χ0) is 18.2. The Bertz CT molecular complexity index is 815. The molecule has 7 nitrogen and oxygen atoms in total. The summed E-state index contributed by atoms with van der Waals surface area (Å²) in [6, 6.07) is 5.19. The average Bonchev–Trinajstić information content (AvgIpc) is 3.31. The molecule has 1 aromatic heterocycles. The first-order valence-corrected chi connectivity index (χ1v) is 8.09. The minimum absolute atomic E-state index is 0.188. The minimum Gasteiger partial charge on any atom is -0.350 e. The first kappa shape index (κ1) is 17.1. The van der Waals surface area contributed by atoms with E-state index in [4.69, 9.17) is 0 Å². The molecule has 2 N–H and O–H groups in total. The molecule has 0 saturated heterocycles. The Labute approximate surface area is 144 Å². The van der Waals surface area contributed by atoms with Crippen molar-refractivity contribution < 1.29 is 9.31 Å². The Balaban J connectivity index is 1.95. The molecule has 25 heavy (non-hydrogen) atoms. The van der Waals surface area contributed by atoms with Gasteiger partial charge in [0.05, 0.1) is 16.7 Å². The van der Waals surface area contributed by atoms with Gasteiger partial charge in [-0.3, -0.25) is 10.1 Å². The van der Waals surface area contributed by atoms with Crippen LogP contribution < -0.4 is 10.6 Å². The molecule has 1 aliphatic carbocycles. The molecule has 1 fully saturated rings. The van der Waals surface area contributed by atoms with Crippen molar-refractivity contribution in [2.24, 2.45) is 0 Å². The highest BCUT2D eigenvalue weighted by Crippen LogP contribution is 2.40. The van der Waals surface area contributed by atoms with Crippen LogP contribution in [0.1, 0.15) is 45.2 Å². The fourth-order valence-corrected chi connectivity index (χ4v) is 2.41. The van der Waals surface area contributed by atoms with E-state index in [9.17, 15) is 14.5 Å². The number of aromatic nitrogens is 2. The first-order chi connectivity index (χ1) is 11.7. The van der Waals surface area contributed by atoms with Crippen LogP contribution in [0.2, 0.25) is 0 Å². The van der Waals surface area contributed by atoms with Crippen LogP contribution in [0.4, 0.5) is 27.5 Å². The number of hydrogen-bond donors (Lipinski definition) is 2. The van der Waals surface area contributed by atoms with Crippen LogP contribution in [0.3, 0.4) is 0 Å². The number of rotatable bonds is 5. The maximum atomic E-state index is 13.3. The van der Waals surface area contributed by atoms with E-state index in [0.717, 1.165) is 24.6 Å². The highest BCUT2D eigenvalue weighted by molar-refractivity contribution is 5.68. The van der Waals surface area contributed by atoms with E-state index in [1.165, 1.54) is 12.1 Å². The molecule has 8 heteroatoms. The lowest BCUT2D eigenvalue weighted by molar-refractivity contribution is -0.384. The molecule has 0 atom stereocenters. The Morgan fingerprint density at radius 1 is 1.24 bits per heavy atom. The van der Waals surface area contributed by atoms with Gasteiger partial charge in [-0.15, -0.1) is 0 Å². The van der Waals surface area contributed by atoms with Crippen molar-refractivity contribution in [3.8, 4) is 0 Å². The molecule has 0 radical (unpaired) electrons. The lowest BCUT2D eigenvalue weighted by atomic mass is 10.1. The van der Waals surface area contributed by atoms with Gasteiger partial charge < -0.3 is 10.6 Å². The van der Waals surface area contributed by atoms with E-state index < -0.39 is 10.7 Å². The van der Waals surface area contributed by atoms with Crippen LogP contribution in [0.15, 0.2) is 24.3 Å². The molecule has 0 bridgehead atoms. The summed E-state index contributed by atoms with van der Waals surface area (Å²) in [5, 5.41) is 17.3. The van der Waals surface area contributed by atoms with Gasteiger partial charge in [-0.05, 0) is 45.7 Å². The van der Waals surface area contributed by atoms with Gasteiger partial charge in [0, 0.05) is 17.5 Å². The van der Waals surface area contributed by atoms with E-state index in [0.29, 0.717) is 17.7 Å². The SMILES string of the molecule is CC(C)(C)Nc1nc(Nc2ccc(F)cc2[N+](=O)[O-])cc(C2CC2)n1. The van der Waals surface area contributed by atoms with Gasteiger partial charge in [-0.1, -0.05) is 0 Å². The fraction of sp³-hybridized carbons (Fsp3) is 0.412. The van der Waals surface area contributed by atoms with Crippen molar-refractivity contribution in [3.05, 3.63) is 45.9 Å². The van der Waals surface area contributed by atoms with Crippen molar-refractivity contribution in [2.75, 3.05) is 10.6 Å². The third-order valence-corrected chi connectivity index (χ3v) is 3.65. The van der Waals surface area contributed by atoms with Crippen LogP contribution in [-0.4, -0.2) is 20.4 Å². The molecule has 2 aromatic rings. The highest BCUT2D eigenvalue weighted by Gasteiger charge is 2.27. The summed E-state index contributed by atoms with van der Waals surface area (Å²) in [6.07, 6.45) is 2.14. The van der Waals surface area contributed by atoms with E-state index in [-0.39, 0.29) is 16.9 Å². The van der Waals surface area contributed by atoms with Crippen LogP contribution in [-0.2, 0) is 0 Å². The smallest absolute Gasteiger partial charge is 0.295 e. The summed E-state index contributed by atoms with van der Waals surface area (Å²) in [6.45, 7) is 5.99. The molecule has 132 valence electrons. The van der Waals surface area contributed by atoms with E-state index in [1.807, 2.05) is 20.8 Å². The van der Waals surface area contributed by atoms with Gasteiger partial charge in [0.1, 0.15) is 17.3 Å². The molecular weight excluding hydrogens is 325 g/mol. The van der Waals surface area contributed by atoms with E-state index in [1.54, 1.807) is 6.07 Å². The van der Waals surface area contributed by atoms with Crippen LogP contribution >= 0.6 is 0 Å².